The predicted molar refractivity (Wildman–Crippen MR) is 71.6 cm³/mol. The molecule has 98 valence electrons. The summed E-state index contributed by atoms with van der Waals surface area (Å²) in [5, 5.41) is 0.332. The summed E-state index contributed by atoms with van der Waals surface area (Å²) in [6, 6.07) is 8.25. The summed E-state index contributed by atoms with van der Waals surface area (Å²) in [6.07, 6.45) is 1.53. The van der Waals surface area contributed by atoms with Crippen molar-refractivity contribution < 1.29 is 9.53 Å². The van der Waals surface area contributed by atoms with Crippen LogP contribution < -0.4 is 4.74 Å². The Morgan fingerprint density at radius 2 is 2.11 bits per heavy atom. The van der Waals surface area contributed by atoms with Crippen molar-refractivity contribution >= 4 is 17.5 Å². The molecule has 0 bridgehead atoms. The first kappa shape index (κ1) is 13.3. The Balaban J connectivity index is 2.22. The molecule has 0 N–H and O–H groups in total. The van der Waals surface area contributed by atoms with E-state index < -0.39 is 0 Å². The Hall–Kier alpha value is -2.14. The smallest absolute Gasteiger partial charge is 0.272 e. The molecular weight excluding hydrogens is 266 g/mol. The molecule has 0 atom stereocenters. The summed E-state index contributed by atoms with van der Waals surface area (Å²) in [5.74, 6) is 0.662. The van der Waals surface area contributed by atoms with Crippen LogP contribution in [0.2, 0.25) is 5.15 Å². The van der Waals surface area contributed by atoms with E-state index in [2.05, 4.69) is 9.97 Å². The van der Waals surface area contributed by atoms with E-state index in [1.165, 1.54) is 11.1 Å². The Morgan fingerprint density at radius 3 is 2.79 bits per heavy atom. The third-order valence-electron chi connectivity index (χ3n) is 2.27. The minimum atomic E-state index is -0.182. The number of hydrogen-bond acceptors (Lipinski definition) is 4. The fourth-order valence-electron chi connectivity index (χ4n) is 1.39. The number of aromatic nitrogens is 2. The van der Waals surface area contributed by atoms with Gasteiger partial charge in [0.25, 0.3) is 5.91 Å². The average molecular weight is 278 g/mol. The second kappa shape index (κ2) is 5.67. The van der Waals surface area contributed by atoms with Crippen molar-refractivity contribution in [2.45, 2.75) is 0 Å². The molecule has 0 aliphatic carbocycles. The van der Waals surface area contributed by atoms with Crippen molar-refractivity contribution in [1.82, 2.24) is 14.9 Å². The minimum absolute atomic E-state index is 0.182. The van der Waals surface area contributed by atoms with E-state index in [0.29, 0.717) is 22.5 Å². The minimum Gasteiger partial charge on any atom is -0.439 e. The lowest BCUT2D eigenvalue weighted by molar-refractivity contribution is 0.0821. The highest BCUT2D eigenvalue weighted by Gasteiger charge is 2.10. The van der Waals surface area contributed by atoms with Crippen LogP contribution in [0.5, 0.6) is 11.6 Å². The van der Waals surface area contributed by atoms with Crippen molar-refractivity contribution in [1.29, 1.82) is 0 Å². The highest BCUT2D eigenvalue weighted by Crippen LogP contribution is 2.21. The molecule has 5 nitrogen and oxygen atoms in total. The Bertz CT molecular complexity index is 602. The van der Waals surface area contributed by atoms with Gasteiger partial charge in [-0.2, -0.15) is 0 Å². The number of halogens is 1. The second-order valence-corrected chi connectivity index (χ2v) is 4.36. The molecule has 2 aromatic heterocycles. The SMILES string of the molecule is CN(C)C(=O)c1cccc(Oc2ccnc(Cl)c2)n1. The van der Waals surface area contributed by atoms with Gasteiger partial charge in [-0.05, 0) is 12.1 Å². The van der Waals surface area contributed by atoms with Gasteiger partial charge in [-0.25, -0.2) is 9.97 Å². The van der Waals surface area contributed by atoms with Gasteiger partial charge in [0.15, 0.2) is 0 Å². The lowest BCUT2D eigenvalue weighted by Crippen LogP contribution is -2.22. The van der Waals surface area contributed by atoms with Crippen molar-refractivity contribution in [3.8, 4) is 11.6 Å². The number of ether oxygens (including phenoxy) is 1. The molecule has 1 amide bonds. The standard InChI is InChI=1S/C13H12ClN3O2/c1-17(2)13(18)10-4-3-5-12(16-10)19-9-6-7-15-11(14)8-9/h3-8H,1-2H3. The van der Waals surface area contributed by atoms with Crippen LogP contribution in [-0.2, 0) is 0 Å². The van der Waals surface area contributed by atoms with Crippen molar-refractivity contribution in [3.63, 3.8) is 0 Å². The van der Waals surface area contributed by atoms with Crippen LogP contribution in [0.25, 0.3) is 0 Å². The van der Waals surface area contributed by atoms with E-state index in [0.717, 1.165) is 0 Å². The van der Waals surface area contributed by atoms with Gasteiger partial charge in [0.2, 0.25) is 5.88 Å². The maximum atomic E-state index is 11.8. The number of rotatable bonds is 3. The zero-order valence-corrected chi connectivity index (χ0v) is 11.3. The number of carbonyl (C=O) groups is 1. The van der Waals surface area contributed by atoms with Crippen LogP contribution in [0, 0.1) is 0 Å². The van der Waals surface area contributed by atoms with Gasteiger partial charge in [-0.15, -0.1) is 0 Å². The largest absolute Gasteiger partial charge is 0.439 e. The van der Waals surface area contributed by atoms with Gasteiger partial charge >= 0.3 is 0 Å². The van der Waals surface area contributed by atoms with E-state index in [4.69, 9.17) is 16.3 Å². The average Bonchev–Trinajstić information content (AvgIpc) is 2.38. The van der Waals surface area contributed by atoms with Crippen LogP contribution in [0.15, 0.2) is 36.5 Å². The van der Waals surface area contributed by atoms with Gasteiger partial charge in [-0.3, -0.25) is 4.79 Å². The number of nitrogens with zero attached hydrogens (tertiary/aromatic N) is 3. The first-order chi connectivity index (χ1) is 9.06. The molecule has 2 heterocycles. The van der Waals surface area contributed by atoms with Crippen molar-refractivity contribution in [2.24, 2.45) is 0 Å². The number of pyridine rings is 2. The molecule has 0 unspecified atom stereocenters. The third-order valence-corrected chi connectivity index (χ3v) is 2.48. The van der Waals surface area contributed by atoms with Gasteiger partial charge < -0.3 is 9.64 Å². The van der Waals surface area contributed by atoms with Crippen LogP contribution in [-0.4, -0.2) is 34.9 Å². The molecular formula is C13H12ClN3O2. The van der Waals surface area contributed by atoms with E-state index >= 15 is 0 Å². The molecule has 0 aliphatic heterocycles. The summed E-state index contributed by atoms with van der Waals surface area (Å²) in [7, 11) is 3.33. The first-order valence-electron chi connectivity index (χ1n) is 5.54. The van der Waals surface area contributed by atoms with E-state index in [9.17, 15) is 4.79 Å². The normalized spacial score (nSPS) is 10.1. The molecule has 19 heavy (non-hydrogen) atoms. The monoisotopic (exact) mass is 277 g/mol. The molecule has 0 radical (unpaired) electrons. The molecule has 2 rings (SSSR count). The van der Waals surface area contributed by atoms with Crippen LogP contribution in [0.3, 0.4) is 0 Å². The van der Waals surface area contributed by atoms with Gasteiger partial charge in [0, 0.05) is 32.4 Å². The zero-order valence-electron chi connectivity index (χ0n) is 10.5. The summed E-state index contributed by atoms with van der Waals surface area (Å²) in [5.41, 5.74) is 0.322. The number of amides is 1. The Kier molecular flexibility index (Phi) is 3.97. The first-order valence-corrected chi connectivity index (χ1v) is 5.92. The molecule has 0 aromatic carbocycles. The number of carbonyl (C=O) groups excluding carboxylic acids is 1. The Labute approximate surface area is 115 Å². The quantitative estimate of drug-likeness (QED) is 0.809. The lowest BCUT2D eigenvalue weighted by Gasteiger charge is -2.10. The van der Waals surface area contributed by atoms with E-state index in [-0.39, 0.29) is 5.91 Å². The highest BCUT2D eigenvalue weighted by atomic mass is 35.5. The lowest BCUT2D eigenvalue weighted by atomic mass is 10.3. The molecule has 0 aliphatic rings. The Morgan fingerprint density at radius 1 is 1.32 bits per heavy atom. The molecule has 0 spiro atoms. The summed E-state index contributed by atoms with van der Waals surface area (Å²) in [4.78, 5) is 21.2. The second-order valence-electron chi connectivity index (χ2n) is 3.98. The molecule has 0 saturated heterocycles. The molecule has 0 saturated carbocycles. The predicted octanol–water partition coefficient (Wildman–Crippen LogP) is 2.62. The maximum Gasteiger partial charge on any atom is 0.272 e. The zero-order chi connectivity index (χ0) is 13.8. The molecule has 2 aromatic rings. The maximum absolute atomic E-state index is 11.8. The van der Waals surface area contributed by atoms with Gasteiger partial charge in [0.1, 0.15) is 16.6 Å². The van der Waals surface area contributed by atoms with Crippen molar-refractivity contribution in [3.05, 3.63) is 47.4 Å². The van der Waals surface area contributed by atoms with Crippen LogP contribution in [0.1, 0.15) is 10.5 Å². The summed E-state index contributed by atoms with van der Waals surface area (Å²) < 4.78 is 5.52. The fourth-order valence-corrected chi connectivity index (χ4v) is 1.55. The van der Waals surface area contributed by atoms with Crippen LogP contribution in [0.4, 0.5) is 0 Å². The van der Waals surface area contributed by atoms with E-state index in [1.807, 2.05) is 0 Å². The third kappa shape index (κ3) is 3.42. The topological polar surface area (TPSA) is 55.3 Å². The molecule has 0 fully saturated rings. The molecule has 6 heteroatoms. The summed E-state index contributed by atoms with van der Waals surface area (Å²) >= 11 is 5.76. The highest BCUT2D eigenvalue weighted by molar-refractivity contribution is 6.29. The van der Waals surface area contributed by atoms with E-state index in [1.54, 1.807) is 44.4 Å². The summed E-state index contributed by atoms with van der Waals surface area (Å²) in [6.45, 7) is 0. The number of hydrogen-bond donors (Lipinski definition) is 0. The van der Waals surface area contributed by atoms with Gasteiger partial charge in [0.05, 0.1) is 0 Å². The van der Waals surface area contributed by atoms with Crippen molar-refractivity contribution in [2.75, 3.05) is 14.1 Å². The fraction of sp³-hybridized carbons (Fsp3) is 0.154. The van der Waals surface area contributed by atoms with Gasteiger partial charge in [-0.1, -0.05) is 17.7 Å². The van der Waals surface area contributed by atoms with Crippen LogP contribution >= 0.6 is 11.6 Å².